The number of aliphatic hydroxyl groups is 1. The van der Waals surface area contributed by atoms with Gasteiger partial charge in [0.2, 0.25) is 0 Å². The number of halogens is 1. The van der Waals surface area contributed by atoms with Crippen LogP contribution in [0, 0.1) is 11.8 Å². The van der Waals surface area contributed by atoms with Crippen LogP contribution in [0.15, 0.2) is 41.1 Å². The zero-order valence-electron chi connectivity index (χ0n) is 12.7. The molecule has 1 heterocycles. The molecular weight excluding hydrogens is 328 g/mol. The van der Waals surface area contributed by atoms with Crippen molar-refractivity contribution in [3.63, 3.8) is 0 Å². The van der Waals surface area contributed by atoms with Crippen LogP contribution in [0.25, 0.3) is 0 Å². The minimum Gasteiger partial charge on any atom is -0.393 e. The van der Waals surface area contributed by atoms with Gasteiger partial charge in [-0.3, -0.25) is 0 Å². The van der Waals surface area contributed by atoms with Crippen LogP contribution >= 0.6 is 15.9 Å². The molecule has 3 nitrogen and oxygen atoms in total. The van der Waals surface area contributed by atoms with E-state index in [1.165, 1.54) is 0 Å². The molecule has 0 aliphatic carbocycles. The predicted octanol–water partition coefficient (Wildman–Crippen LogP) is 3.82. The van der Waals surface area contributed by atoms with Crippen LogP contribution < -0.4 is 0 Å². The molecule has 2 aromatic rings. The fourth-order valence-corrected chi connectivity index (χ4v) is 2.07. The first-order valence-electron chi connectivity index (χ1n) is 7.14. The van der Waals surface area contributed by atoms with E-state index >= 15 is 0 Å². The molecule has 2 rings (SSSR count). The van der Waals surface area contributed by atoms with Gasteiger partial charge in [0.1, 0.15) is 11.9 Å². The normalized spacial score (nSPS) is 10.9. The highest BCUT2D eigenvalue weighted by Crippen LogP contribution is 2.11. The van der Waals surface area contributed by atoms with E-state index in [0.29, 0.717) is 0 Å². The van der Waals surface area contributed by atoms with E-state index in [4.69, 9.17) is 0 Å². The predicted molar refractivity (Wildman–Crippen MR) is 90.1 cm³/mol. The lowest BCUT2D eigenvalue weighted by molar-refractivity contribution is 0.255. The van der Waals surface area contributed by atoms with Crippen molar-refractivity contribution < 1.29 is 5.11 Å². The molecule has 0 saturated heterocycles. The first kappa shape index (κ1) is 17.5. The molecule has 4 heteroatoms. The Morgan fingerprint density at radius 3 is 2.52 bits per heavy atom. The topological polar surface area (TPSA) is 38.0 Å². The molecule has 0 fully saturated rings. The number of aromatic nitrogens is 2. The second kappa shape index (κ2) is 9.38. The summed E-state index contributed by atoms with van der Waals surface area (Å²) in [6.07, 6.45) is 4.42. The van der Waals surface area contributed by atoms with E-state index in [1.807, 2.05) is 55.8 Å². The number of hydrogen-bond acceptors (Lipinski definition) is 2. The van der Waals surface area contributed by atoms with Crippen LogP contribution in [0.1, 0.15) is 38.2 Å². The Balaban J connectivity index is 0.00000106. The highest BCUT2D eigenvalue weighted by atomic mass is 79.9. The molecular formula is C17H21BrN2O. The van der Waals surface area contributed by atoms with Crippen molar-refractivity contribution in [2.75, 3.05) is 6.61 Å². The number of imidazole rings is 1. The summed E-state index contributed by atoms with van der Waals surface area (Å²) in [4.78, 5) is 4.25. The largest absolute Gasteiger partial charge is 0.393 e. The molecule has 21 heavy (non-hydrogen) atoms. The summed E-state index contributed by atoms with van der Waals surface area (Å²) in [5.74, 6) is 7.11. The van der Waals surface area contributed by atoms with E-state index in [1.54, 1.807) is 6.20 Å². The third-order valence-corrected chi connectivity index (χ3v) is 3.33. The van der Waals surface area contributed by atoms with E-state index in [-0.39, 0.29) is 12.6 Å². The maximum atomic E-state index is 9.48. The fourth-order valence-electron chi connectivity index (χ4n) is 1.80. The van der Waals surface area contributed by atoms with Gasteiger partial charge >= 0.3 is 0 Å². The van der Waals surface area contributed by atoms with Gasteiger partial charge in [0, 0.05) is 28.9 Å². The van der Waals surface area contributed by atoms with Crippen LogP contribution in [0.4, 0.5) is 0 Å². The molecule has 0 saturated carbocycles. The van der Waals surface area contributed by atoms with Crippen LogP contribution in [0.5, 0.6) is 0 Å². The number of nitrogens with zero attached hydrogens (tertiary/aromatic N) is 2. The van der Waals surface area contributed by atoms with E-state index in [9.17, 15) is 5.11 Å². The van der Waals surface area contributed by atoms with Crippen molar-refractivity contribution in [1.29, 1.82) is 0 Å². The average Bonchev–Trinajstić information content (AvgIpc) is 3.00. The minimum atomic E-state index is -0.249. The lowest BCUT2D eigenvalue weighted by atomic mass is 10.2. The van der Waals surface area contributed by atoms with Crippen LogP contribution in [0.3, 0.4) is 0 Å². The first-order valence-corrected chi connectivity index (χ1v) is 7.93. The van der Waals surface area contributed by atoms with E-state index in [2.05, 4.69) is 32.8 Å². The maximum Gasteiger partial charge on any atom is 0.119 e. The molecule has 1 N–H and O–H groups in total. The molecule has 1 atom stereocenters. The molecule has 112 valence electrons. The smallest absolute Gasteiger partial charge is 0.119 e. The molecule has 1 aromatic carbocycles. The summed E-state index contributed by atoms with van der Waals surface area (Å²) < 4.78 is 2.95. The standard InChI is InChI=1S/C15H15BrN2O.C2H6/c1-2-15-17-9-10-18(15)14(11-19)8-5-12-3-6-13(16)7-4-12;1-2/h3-4,6-7,9-10,14,19H,2,11H2,1H3;1-2H3. The van der Waals surface area contributed by atoms with Crippen molar-refractivity contribution >= 4 is 15.9 Å². The Morgan fingerprint density at radius 2 is 1.95 bits per heavy atom. The average molecular weight is 349 g/mol. The highest BCUT2D eigenvalue weighted by Gasteiger charge is 2.09. The van der Waals surface area contributed by atoms with Gasteiger partial charge in [-0.25, -0.2) is 4.98 Å². The summed E-state index contributed by atoms with van der Waals surface area (Å²) >= 11 is 3.39. The summed E-state index contributed by atoms with van der Waals surface area (Å²) in [6.45, 7) is 6.02. The molecule has 0 amide bonds. The van der Waals surface area contributed by atoms with Gasteiger partial charge in [0.25, 0.3) is 0 Å². The van der Waals surface area contributed by atoms with Crippen LogP contribution in [0.2, 0.25) is 0 Å². The Bertz CT molecular complexity index is 593. The second-order valence-corrected chi connectivity index (χ2v) is 4.99. The molecule has 0 radical (unpaired) electrons. The van der Waals surface area contributed by atoms with Gasteiger partial charge in [0.05, 0.1) is 6.61 Å². The monoisotopic (exact) mass is 348 g/mol. The SMILES string of the molecule is CC.CCc1nccn1C(C#Cc1ccc(Br)cc1)CO. The van der Waals surface area contributed by atoms with Gasteiger partial charge < -0.3 is 9.67 Å². The lowest BCUT2D eigenvalue weighted by Gasteiger charge is -2.11. The number of aryl methyl sites for hydroxylation is 1. The van der Waals surface area contributed by atoms with Crippen molar-refractivity contribution in [1.82, 2.24) is 9.55 Å². The Hall–Kier alpha value is -1.57. The first-order chi connectivity index (χ1) is 10.2. The van der Waals surface area contributed by atoms with Gasteiger partial charge in [0.15, 0.2) is 0 Å². The van der Waals surface area contributed by atoms with Crippen molar-refractivity contribution in [2.45, 2.75) is 33.2 Å². The highest BCUT2D eigenvalue weighted by molar-refractivity contribution is 9.10. The number of benzene rings is 1. The zero-order valence-corrected chi connectivity index (χ0v) is 14.3. The van der Waals surface area contributed by atoms with Crippen molar-refractivity contribution in [3.8, 4) is 11.8 Å². The van der Waals surface area contributed by atoms with Crippen LogP contribution in [-0.4, -0.2) is 21.3 Å². The number of aliphatic hydroxyl groups excluding tert-OH is 1. The third-order valence-electron chi connectivity index (χ3n) is 2.80. The molecule has 0 aliphatic heterocycles. The van der Waals surface area contributed by atoms with E-state index in [0.717, 1.165) is 22.3 Å². The number of hydrogen-bond donors (Lipinski definition) is 1. The number of rotatable bonds is 3. The molecule has 1 unspecified atom stereocenters. The lowest BCUT2D eigenvalue weighted by Crippen LogP contribution is -2.13. The molecule has 1 aromatic heterocycles. The summed E-state index contributed by atoms with van der Waals surface area (Å²) in [5, 5.41) is 9.48. The Morgan fingerprint density at radius 1 is 1.29 bits per heavy atom. The van der Waals surface area contributed by atoms with Gasteiger partial charge in [-0.05, 0) is 24.3 Å². The molecule has 0 bridgehead atoms. The van der Waals surface area contributed by atoms with Gasteiger partial charge in [-0.1, -0.05) is 48.5 Å². The van der Waals surface area contributed by atoms with Crippen molar-refractivity contribution in [2.24, 2.45) is 0 Å². The second-order valence-electron chi connectivity index (χ2n) is 4.08. The fraction of sp³-hybridized carbons (Fsp3) is 0.353. The van der Waals surface area contributed by atoms with E-state index < -0.39 is 0 Å². The summed E-state index contributed by atoms with van der Waals surface area (Å²) in [7, 11) is 0. The Labute approximate surface area is 135 Å². The Kier molecular flexibility index (Phi) is 7.81. The summed E-state index contributed by atoms with van der Waals surface area (Å²) in [5.41, 5.74) is 0.930. The molecule has 0 aliphatic rings. The molecule has 0 spiro atoms. The maximum absolute atomic E-state index is 9.48. The van der Waals surface area contributed by atoms with Crippen molar-refractivity contribution in [3.05, 3.63) is 52.5 Å². The van der Waals surface area contributed by atoms with Gasteiger partial charge in [-0.2, -0.15) is 0 Å². The van der Waals surface area contributed by atoms with Crippen LogP contribution in [-0.2, 0) is 6.42 Å². The van der Waals surface area contributed by atoms with Gasteiger partial charge in [-0.15, -0.1) is 0 Å². The third kappa shape index (κ3) is 5.04. The zero-order chi connectivity index (χ0) is 15.7. The quantitative estimate of drug-likeness (QED) is 0.856. The summed E-state index contributed by atoms with van der Waals surface area (Å²) in [6, 6.07) is 7.54. The minimum absolute atomic E-state index is 0.0209.